The average Bonchev–Trinajstić information content (AvgIpc) is 2.50. The lowest BCUT2D eigenvalue weighted by molar-refractivity contribution is 0.122. The van der Waals surface area contributed by atoms with Crippen LogP contribution in [-0.2, 0) is 13.0 Å². The van der Waals surface area contributed by atoms with Crippen molar-refractivity contribution in [1.82, 2.24) is 5.32 Å². The first-order valence-corrected chi connectivity index (χ1v) is 7.77. The maximum absolute atomic E-state index is 9.32. The summed E-state index contributed by atoms with van der Waals surface area (Å²) < 4.78 is 0. The summed E-state index contributed by atoms with van der Waals surface area (Å²) in [7, 11) is 0. The second kappa shape index (κ2) is 6.31. The first-order valence-electron chi connectivity index (χ1n) is 7.77. The van der Waals surface area contributed by atoms with Crippen molar-refractivity contribution in [2.24, 2.45) is 11.8 Å². The maximum atomic E-state index is 9.32. The van der Waals surface area contributed by atoms with Crippen molar-refractivity contribution in [3.8, 4) is 5.75 Å². The fraction of sp³-hybridized carbons (Fsp3) is 0.368. The molecule has 1 fully saturated rings. The molecule has 2 N–H and O–H groups in total. The third kappa shape index (κ3) is 3.45. The molecule has 1 aliphatic rings. The Morgan fingerprint density at radius 3 is 2.38 bits per heavy atom. The standard InChI is InChI=1S/C19H23NO/c1-14-11-17(12-15-5-3-2-4-6-15)19(14)20-13-16-7-9-18(21)10-8-16/h2-10,14,17,19-21H,11-13H2,1H3/t14?,17-,19?/m1/s1. The average molecular weight is 281 g/mol. The van der Waals surface area contributed by atoms with E-state index in [1.807, 2.05) is 12.1 Å². The van der Waals surface area contributed by atoms with E-state index in [2.05, 4.69) is 42.6 Å². The highest BCUT2D eigenvalue weighted by Crippen LogP contribution is 2.36. The van der Waals surface area contributed by atoms with Crippen LogP contribution >= 0.6 is 0 Å². The zero-order chi connectivity index (χ0) is 14.7. The van der Waals surface area contributed by atoms with Gasteiger partial charge in [0.2, 0.25) is 0 Å². The van der Waals surface area contributed by atoms with Gasteiger partial charge >= 0.3 is 0 Å². The van der Waals surface area contributed by atoms with Crippen LogP contribution in [0.1, 0.15) is 24.5 Å². The molecule has 3 atom stereocenters. The van der Waals surface area contributed by atoms with E-state index in [0.717, 1.165) is 18.4 Å². The molecule has 2 nitrogen and oxygen atoms in total. The fourth-order valence-corrected chi connectivity index (χ4v) is 3.38. The van der Waals surface area contributed by atoms with Gasteiger partial charge in [-0.15, -0.1) is 0 Å². The SMILES string of the molecule is CC1C[C@H](Cc2ccccc2)C1NCc1ccc(O)cc1. The quantitative estimate of drug-likeness (QED) is 0.875. The van der Waals surface area contributed by atoms with Crippen molar-refractivity contribution < 1.29 is 5.11 Å². The van der Waals surface area contributed by atoms with E-state index in [9.17, 15) is 5.11 Å². The summed E-state index contributed by atoms with van der Waals surface area (Å²) in [5.74, 6) is 1.81. The summed E-state index contributed by atoms with van der Waals surface area (Å²) in [5, 5.41) is 13.0. The van der Waals surface area contributed by atoms with Gasteiger partial charge in [-0.3, -0.25) is 0 Å². The monoisotopic (exact) mass is 281 g/mol. The number of hydrogen-bond acceptors (Lipinski definition) is 2. The van der Waals surface area contributed by atoms with Crippen LogP contribution in [0, 0.1) is 11.8 Å². The van der Waals surface area contributed by atoms with Crippen LogP contribution in [0.15, 0.2) is 54.6 Å². The molecule has 0 saturated heterocycles. The number of rotatable bonds is 5. The normalized spacial score (nSPS) is 24.5. The fourth-order valence-electron chi connectivity index (χ4n) is 3.38. The van der Waals surface area contributed by atoms with Gasteiger partial charge in [-0.1, -0.05) is 49.4 Å². The second-order valence-corrected chi connectivity index (χ2v) is 6.24. The Morgan fingerprint density at radius 1 is 1.00 bits per heavy atom. The molecule has 2 unspecified atom stereocenters. The van der Waals surface area contributed by atoms with Crippen molar-refractivity contribution >= 4 is 0 Å². The molecule has 0 aromatic heterocycles. The number of phenolic OH excluding ortho intramolecular Hbond substituents is 1. The van der Waals surface area contributed by atoms with E-state index in [4.69, 9.17) is 0 Å². The highest BCUT2D eigenvalue weighted by Gasteiger charge is 2.37. The molecule has 0 bridgehead atoms. The molecular formula is C19H23NO. The lowest BCUT2D eigenvalue weighted by atomic mass is 9.68. The van der Waals surface area contributed by atoms with Gasteiger partial charge in [0, 0.05) is 12.6 Å². The van der Waals surface area contributed by atoms with Crippen LogP contribution in [0.2, 0.25) is 0 Å². The molecule has 2 heteroatoms. The van der Waals surface area contributed by atoms with Gasteiger partial charge in [-0.25, -0.2) is 0 Å². The van der Waals surface area contributed by atoms with Gasteiger partial charge < -0.3 is 10.4 Å². The molecule has 21 heavy (non-hydrogen) atoms. The van der Waals surface area contributed by atoms with Gasteiger partial charge in [0.05, 0.1) is 0 Å². The van der Waals surface area contributed by atoms with Crippen LogP contribution in [0.5, 0.6) is 5.75 Å². The number of aromatic hydroxyl groups is 1. The van der Waals surface area contributed by atoms with Crippen LogP contribution in [0.4, 0.5) is 0 Å². The van der Waals surface area contributed by atoms with E-state index in [1.165, 1.54) is 24.0 Å². The Balaban J connectivity index is 1.55. The zero-order valence-corrected chi connectivity index (χ0v) is 12.5. The molecule has 110 valence electrons. The third-order valence-electron chi connectivity index (χ3n) is 4.61. The van der Waals surface area contributed by atoms with Crippen LogP contribution < -0.4 is 5.32 Å². The zero-order valence-electron chi connectivity index (χ0n) is 12.5. The molecule has 0 amide bonds. The first-order chi connectivity index (χ1) is 10.2. The van der Waals surface area contributed by atoms with Crippen LogP contribution in [-0.4, -0.2) is 11.1 Å². The molecule has 0 heterocycles. The van der Waals surface area contributed by atoms with Crippen molar-refractivity contribution in [3.05, 3.63) is 65.7 Å². The summed E-state index contributed by atoms with van der Waals surface area (Å²) in [4.78, 5) is 0. The molecule has 2 aromatic rings. The van der Waals surface area contributed by atoms with E-state index in [0.29, 0.717) is 11.8 Å². The van der Waals surface area contributed by atoms with Crippen LogP contribution in [0.25, 0.3) is 0 Å². The predicted molar refractivity (Wildman–Crippen MR) is 86.2 cm³/mol. The van der Waals surface area contributed by atoms with Crippen molar-refractivity contribution in [1.29, 1.82) is 0 Å². The highest BCUT2D eigenvalue weighted by molar-refractivity contribution is 5.26. The maximum Gasteiger partial charge on any atom is 0.115 e. The minimum atomic E-state index is 0.331. The summed E-state index contributed by atoms with van der Waals surface area (Å²) in [6, 6.07) is 18.8. The smallest absolute Gasteiger partial charge is 0.115 e. The minimum absolute atomic E-state index is 0.331. The molecule has 1 saturated carbocycles. The molecule has 3 rings (SSSR count). The Bertz CT molecular complexity index is 564. The molecule has 0 aliphatic heterocycles. The number of hydrogen-bond donors (Lipinski definition) is 2. The van der Waals surface area contributed by atoms with E-state index < -0.39 is 0 Å². The first kappa shape index (κ1) is 14.2. The van der Waals surface area contributed by atoms with Crippen molar-refractivity contribution in [3.63, 3.8) is 0 Å². The molecule has 0 spiro atoms. The van der Waals surface area contributed by atoms with Crippen molar-refractivity contribution in [2.45, 2.75) is 32.4 Å². The summed E-state index contributed by atoms with van der Waals surface area (Å²) in [6.45, 7) is 3.20. The molecule has 2 aromatic carbocycles. The molecule has 1 aliphatic carbocycles. The van der Waals surface area contributed by atoms with Gasteiger partial charge in [0.15, 0.2) is 0 Å². The summed E-state index contributed by atoms with van der Waals surface area (Å²) in [5.41, 5.74) is 2.66. The van der Waals surface area contributed by atoms with Gasteiger partial charge in [-0.05, 0) is 47.9 Å². The third-order valence-corrected chi connectivity index (χ3v) is 4.61. The van der Waals surface area contributed by atoms with Crippen LogP contribution in [0.3, 0.4) is 0 Å². The molecular weight excluding hydrogens is 258 g/mol. The summed E-state index contributed by atoms with van der Waals surface area (Å²) >= 11 is 0. The number of nitrogens with one attached hydrogen (secondary N) is 1. The number of benzene rings is 2. The second-order valence-electron chi connectivity index (χ2n) is 6.24. The van der Waals surface area contributed by atoms with E-state index in [-0.39, 0.29) is 0 Å². The van der Waals surface area contributed by atoms with Crippen molar-refractivity contribution in [2.75, 3.05) is 0 Å². The van der Waals surface area contributed by atoms with Gasteiger partial charge in [0.25, 0.3) is 0 Å². The Hall–Kier alpha value is -1.80. The lowest BCUT2D eigenvalue weighted by Crippen LogP contribution is -2.51. The minimum Gasteiger partial charge on any atom is -0.508 e. The lowest BCUT2D eigenvalue weighted by Gasteiger charge is -2.44. The topological polar surface area (TPSA) is 32.3 Å². The van der Waals surface area contributed by atoms with Gasteiger partial charge in [0.1, 0.15) is 5.75 Å². The Labute approximate surface area is 126 Å². The van der Waals surface area contributed by atoms with E-state index >= 15 is 0 Å². The Kier molecular flexibility index (Phi) is 4.26. The number of phenols is 1. The Morgan fingerprint density at radius 2 is 1.71 bits per heavy atom. The molecule has 0 radical (unpaired) electrons. The predicted octanol–water partition coefficient (Wildman–Crippen LogP) is 3.75. The van der Waals surface area contributed by atoms with E-state index in [1.54, 1.807) is 12.1 Å². The largest absolute Gasteiger partial charge is 0.508 e. The summed E-state index contributed by atoms with van der Waals surface area (Å²) in [6.07, 6.45) is 2.47. The highest BCUT2D eigenvalue weighted by atomic mass is 16.3. The van der Waals surface area contributed by atoms with Gasteiger partial charge in [-0.2, -0.15) is 0 Å².